The molecule has 3 rings (SSSR count). The Hall–Kier alpha value is -1.15. The SMILES string of the molecule is NC1(CN2CCn3c(nnc3C(F)(F)F)C2)CC1. The number of nitrogens with zero attached hydrogens (tertiary/aromatic N) is 4. The van der Waals surface area contributed by atoms with E-state index in [0.29, 0.717) is 18.9 Å². The monoisotopic (exact) mass is 261 g/mol. The van der Waals surface area contributed by atoms with Crippen LogP contribution in [0.25, 0.3) is 0 Å². The molecule has 5 nitrogen and oxygen atoms in total. The Kier molecular flexibility index (Phi) is 2.43. The van der Waals surface area contributed by atoms with E-state index in [4.69, 9.17) is 5.73 Å². The molecule has 0 spiro atoms. The molecule has 0 bridgehead atoms. The fourth-order valence-electron chi connectivity index (χ4n) is 2.32. The number of fused-ring (bicyclic) bond motifs is 1. The van der Waals surface area contributed by atoms with E-state index < -0.39 is 12.0 Å². The van der Waals surface area contributed by atoms with Gasteiger partial charge in [0.15, 0.2) is 0 Å². The van der Waals surface area contributed by atoms with Crippen molar-refractivity contribution >= 4 is 0 Å². The highest BCUT2D eigenvalue weighted by Gasteiger charge is 2.42. The molecular weight excluding hydrogens is 247 g/mol. The van der Waals surface area contributed by atoms with Crippen LogP contribution in [0.1, 0.15) is 24.5 Å². The highest BCUT2D eigenvalue weighted by molar-refractivity contribution is 5.05. The largest absolute Gasteiger partial charge is 0.451 e. The minimum absolute atomic E-state index is 0.130. The smallest absolute Gasteiger partial charge is 0.324 e. The van der Waals surface area contributed by atoms with Crippen molar-refractivity contribution in [1.82, 2.24) is 19.7 Å². The fraction of sp³-hybridized carbons (Fsp3) is 0.800. The van der Waals surface area contributed by atoms with Gasteiger partial charge in [-0.15, -0.1) is 10.2 Å². The summed E-state index contributed by atoms with van der Waals surface area (Å²) >= 11 is 0. The number of hydrogen-bond acceptors (Lipinski definition) is 4. The normalized spacial score (nSPS) is 22.9. The van der Waals surface area contributed by atoms with E-state index in [9.17, 15) is 13.2 Å². The average Bonchev–Trinajstić information content (AvgIpc) is 2.84. The van der Waals surface area contributed by atoms with Crippen LogP contribution in [-0.4, -0.2) is 38.3 Å². The maximum absolute atomic E-state index is 12.6. The molecule has 8 heteroatoms. The summed E-state index contributed by atoms with van der Waals surface area (Å²) in [5.74, 6) is -0.524. The molecule has 1 saturated carbocycles. The topological polar surface area (TPSA) is 60.0 Å². The van der Waals surface area contributed by atoms with Crippen LogP contribution < -0.4 is 5.73 Å². The molecule has 0 saturated heterocycles. The molecule has 1 aromatic heterocycles. The number of hydrogen-bond donors (Lipinski definition) is 1. The molecule has 0 unspecified atom stereocenters. The third kappa shape index (κ3) is 2.10. The number of alkyl halides is 3. The van der Waals surface area contributed by atoms with E-state index in [0.717, 1.165) is 24.0 Å². The first kappa shape index (κ1) is 11.9. The predicted octanol–water partition coefficient (Wildman–Crippen LogP) is 0.604. The van der Waals surface area contributed by atoms with Crippen LogP contribution in [0, 0.1) is 0 Å². The minimum Gasteiger partial charge on any atom is -0.324 e. The van der Waals surface area contributed by atoms with E-state index in [1.807, 2.05) is 0 Å². The fourth-order valence-corrected chi connectivity index (χ4v) is 2.32. The number of nitrogens with two attached hydrogens (primary N) is 1. The summed E-state index contributed by atoms with van der Waals surface area (Å²) in [5.41, 5.74) is 5.88. The number of aromatic nitrogens is 3. The maximum Gasteiger partial charge on any atom is 0.451 e. The van der Waals surface area contributed by atoms with Gasteiger partial charge in [-0.1, -0.05) is 0 Å². The molecule has 2 N–H and O–H groups in total. The van der Waals surface area contributed by atoms with Gasteiger partial charge >= 0.3 is 6.18 Å². The molecule has 1 aliphatic heterocycles. The lowest BCUT2D eigenvalue weighted by molar-refractivity contribution is -0.148. The Morgan fingerprint density at radius 2 is 1.94 bits per heavy atom. The summed E-state index contributed by atoms with van der Waals surface area (Å²) in [7, 11) is 0. The van der Waals surface area contributed by atoms with Crippen LogP contribution in [0.5, 0.6) is 0 Å². The van der Waals surface area contributed by atoms with E-state index in [2.05, 4.69) is 15.1 Å². The van der Waals surface area contributed by atoms with Gasteiger partial charge in [-0.3, -0.25) is 4.90 Å². The lowest BCUT2D eigenvalue weighted by atomic mass is 10.2. The van der Waals surface area contributed by atoms with E-state index >= 15 is 0 Å². The van der Waals surface area contributed by atoms with Gasteiger partial charge in [0.05, 0.1) is 6.54 Å². The zero-order valence-electron chi connectivity index (χ0n) is 9.74. The van der Waals surface area contributed by atoms with Crippen molar-refractivity contribution < 1.29 is 13.2 Å². The molecular formula is C10H14F3N5. The Bertz CT molecular complexity index is 463. The number of halogens is 3. The summed E-state index contributed by atoms with van der Waals surface area (Å²) in [6.07, 6.45) is -2.45. The second-order valence-corrected chi connectivity index (χ2v) is 5.16. The lowest BCUT2D eigenvalue weighted by Gasteiger charge is -2.29. The Labute approximate surface area is 102 Å². The Morgan fingerprint density at radius 1 is 1.22 bits per heavy atom. The van der Waals surface area contributed by atoms with Crippen molar-refractivity contribution in [3.63, 3.8) is 0 Å². The van der Waals surface area contributed by atoms with Crippen molar-refractivity contribution in [2.75, 3.05) is 13.1 Å². The maximum atomic E-state index is 12.6. The van der Waals surface area contributed by atoms with Crippen molar-refractivity contribution in [2.45, 2.75) is 37.6 Å². The second kappa shape index (κ2) is 3.67. The molecule has 0 atom stereocenters. The Morgan fingerprint density at radius 3 is 2.56 bits per heavy atom. The van der Waals surface area contributed by atoms with Crippen LogP contribution in [0.4, 0.5) is 13.2 Å². The van der Waals surface area contributed by atoms with Gasteiger partial charge in [0.1, 0.15) is 5.82 Å². The van der Waals surface area contributed by atoms with Gasteiger partial charge in [-0.2, -0.15) is 13.2 Å². The first-order chi connectivity index (χ1) is 8.37. The molecule has 2 heterocycles. The highest BCUT2D eigenvalue weighted by atomic mass is 19.4. The van der Waals surface area contributed by atoms with Gasteiger partial charge in [-0.05, 0) is 12.8 Å². The summed E-state index contributed by atoms with van der Waals surface area (Å²) in [4.78, 5) is 2.05. The molecule has 1 aromatic rings. The molecule has 100 valence electrons. The summed E-state index contributed by atoms with van der Waals surface area (Å²) in [5, 5.41) is 6.88. The predicted molar refractivity (Wildman–Crippen MR) is 56.5 cm³/mol. The lowest BCUT2D eigenvalue weighted by Crippen LogP contribution is -2.43. The zero-order valence-corrected chi connectivity index (χ0v) is 9.74. The highest BCUT2D eigenvalue weighted by Crippen LogP contribution is 2.34. The third-order valence-corrected chi connectivity index (χ3v) is 3.52. The summed E-state index contributed by atoms with van der Waals surface area (Å²) in [6.45, 7) is 1.95. The van der Waals surface area contributed by atoms with Crippen LogP contribution in [-0.2, 0) is 19.3 Å². The first-order valence-corrected chi connectivity index (χ1v) is 5.88. The van der Waals surface area contributed by atoms with Crippen LogP contribution >= 0.6 is 0 Å². The average molecular weight is 261 g/mol. The van der Waals surface area contributed by atoms with Gasteiger partial charge in [0.25, 0.3) is 0 Å². The van der Waals surface area contributed by atoms with E-state index in [1.54, 1.807) is 0 Å². The second-order valence-electron chi connectivity index (χ2n) is 5.16. The Balaban J connectivity index is 1.76. The van der Waals surface area contributed by atoms with E-state index in [1.165, 1.54) is 0 Å². The van der Waals surface area contributed by atoms with Crippen molar-refractivity contribution in [1.29, 1.82) is 0 Å². The molecule has 0 aromatic carbocycles. The van der Waals surface area contributed by atoms with Gasteiger partial charge in [0.2, 0.25) is 5.82 Å². The number of rotatable bonds is 2. The summed E-state index contributed by atoms with van der Waals surface area (Å²) < 4.78 is 39.1. The molecule has 2 aliphatic rings. The van der Waals surface area contributed by atoms with Crippen LogP contribution in [0.15, 0.2) is 0 Å². The van der Waals surface area contributed by atoms with E-state index in [-0.39, 0.29) is 12.1 Å². The van der Waals surface area contributed by atoms with Gasteiger partial charge < -0.3 is 10.3 Å². The van der Waals surface area contributed by atoms with Crippen molar-refractivity contribution in [2.24, 2.45) is 5.73 Å². The summed E-state index contributed by atoms with van der Waals surface area (Å²) in [6, 6.07) is 0. The van der Waals surface area contributed by atoms with Crippen LogP contribution in [0.3, 0.4) is 0 Å². The molecule has 1 aliphatic carbocycles. The van der Waals surface area contributed by atoms with Crippen molar-refractivity contribution in [3.8, 4) is 0 Å². The van der Waals surface area contributed by atoms with Gasteiger partial charge in [-0.25, -0.2) is 0 Å². The molecule has 0 amide bonds. The standard InChI is InChI=1S/C10H14F3N5/c11-10(12,13)8-16-15-7-5-17(3-4-18(7)8)6-9(14)1-2-9/h1-6,14H2. The quantitative estimate of drug-likeness (QED) is 0.847. The molecule has 18 heavy (non-hydrogen) atoms. The zero-order chi connectivity index (χ0) is 13.0. The minimum atomic E-state index is -4.43. The third-order valence-electron chi connectivity index (χ3n) is 3.52. The first-order valence-electron chi connectivity index (χ1n) is 5.88. The van der Waals surface area contributed by atoms with Crippen LogP contribution in [0.2, 0.25) is 0 Å². The molecule has 1 fully saturated rings. The van der Waals surface area contributed by atoms with Gasteiger partial charge in [0, 0.05) is 25.2 Å². The molecule has 0 radical (unpaired) electrons. The van der Waals surface area contributed by atoms with Crippen molar-refractivity contribution in [3.05, 3.63) is 11.6 Å².